The second-order valence-electron chi connectivity index (χ2n) is 9.04. The number of aryl methyl sites for hydroxylation is 1. The molecule has 1 atom stereocenters. The number of aromatic nitrogens is 1. The normalized spacial score (nSPS) is 14.7. The van der Waals surface area contributed by atoms with Gasteiger partial charge in [-0.25, -0.2) is 4.98 Å². The molecular formula is C26H30N4O5S. The summed E-state index contributed by atoms with van der Waals surface area (Å²) >= 11 is 1.64. The molecule has 0 unspecified atom stereocenters. The van der Waals surface area contributed by atoms with Gasteiger partial charge in [-0.3, -0.25) is 19.7 Å². The number of imide groups is 1. The van der Waals surface area contributed by atoms with Crippen molar-refractivity contribution in [3.05, 3.63) is 53.3 Å². The first kappa shape index (κ1) is 25.6. The Morgan fingerprint density at radius 3 is 2.67 bits per heavy atom. The molecule has 0 aliphatic heterocycles. The Hall–Kier alpha value is -3.53. The Bertz CT molecular complexity index is 1300. The number of hydrogen-bond acceptors (Lipinski definition) is 8. The van der Waals surface area contributed by atoms with Crippen molar-refractivity contribution in [1.82, 2.24) is 15.6 Å². The average Bonchev–Trinajstić information content (AvgIpc) is 3.61. The number of ether oxygens (including phenoxy) is 1. The summed E-state index contributed by atoms with van der Waals surface area (Å²) in [4.78, 5) is 43.0. The van der Waals surface area contributed by atoms with E-state index < -0.39 is 17.2 Å². The molecule has 10 heteroatoms. The molecule has 4 rings (SSSR count). The van der Waals surface area contributed by atoms with E-state index in [0.717, 1.165) is 5.56 Å². The molecule has 1 saturated carbocycles. The first-order chi connectivity index (χ1) is 17.2. The summed E-state index contributed by atoms with van der Waals surface area (Å²) < 4.78 is 14.5. The van der Waals surface area contributed by atoms with Crippen LogP contribution >= 0.6 is 11.9 Å². The summed E-state index contributed by atoms with van der Waals surface area (Å²) in [5, 5.41) is 5.86. The van der Waals surface area contributed by atoms with E-state index in [4.69, 9.17) is 9.15 Å². The van der Waals surface area contributed by atoms with Crippen LogP contribution in [0.5, 0.6) is 5.75 Å². The van der Waals surface area contributed by atoms with Crippen LogP contribution in [0.1, 0.15) is 54.8 Å². The highest BCUT2D eigenvalue weighted by Crippen LogP contribution is 2.35. The van der Waals surface area contributed by atoms with Crippen LogP contribution in [-0.2, 0) is 15.0 Å². The number of methoxy groups -OCH3 is 1. The molecule has 0 spiro atoms. The number of anilines is 1. The molecule has 1 aromatic carbocycles. The third-order valence-electron chi connectivity index (χ3n) is 6.14. The SMILES string of the molecule is CCC(=O)NC(=O)[C@](C)(CNC(=O)c1cc(OC)ccc1C)c1cc2nc(NSC3CC3)ccc2o1. The lowest BCUT2D eigenvalue weighted by atomic mass is 9.86. The molecule has 2 aromatic heterocycles. The summed E-state index contributed by atoms with van der Waals surface area (Å²) in [6, 6.07) is 10.5. The van der Waals surface area contributed by atoms with Gasteiger partial charge in [0.25, 0.3) is 5.91 Å². The van der Waals surface area contributed by atoms with Gasteiger partial charge in [0, 0.05) is 29.8 Å². The number of carbonyl (C=O) groups is 3. The van der Waals surface area contributed by atoms with E-state index in [1.54, 1.807) is 56.1 Å². The molecular weight excluding hydrogens is 480 g/mol. The van der Waals surface area contributed by atoms with Gasteiger partial charge in [0.05, 0.1) is 7.11 Å². The van der Waals surface area contributed by atoms with Crippen molar-refractivity contribution in [2.24, 2.45) is 0 Å². The molecule has 3 amide bonds. The van der Waals surface area contributed by atoms with Crippen molar-refractivity contribution in [2.45, 2.75) is 50.7 Å². The minimum absolute atomic E-state index is 0.103. The molecule has 1 aliphatic rings. The zero-order valence-electron chi connectivity index (χ0n) is 20.8. The summed E-state index contributed by atoms with van der Waals surface area (Å²) in [6.45, 7) is 5.00. The maximum Gasteiger partial charge on any atom is 0.251 e. The first-order valence-corrected chi connectivity index (χ1v) is 12.7. The standard InChI is InChI=1S/C26H30N4O5S/c1-5-23(31)29-25(33)26(3,14-27-24(32)18-12-16(34-4)7-6-15(18)2)21-13-19-20(35-21)10-11-22(28-19)30-36-17-8-9-17/h6-7,10-13,17H,5,8-9,14H2,1-4H3,(H,27,32)(H,28,30)(H,29,31,33)/t26-/m1/s1. The predicted molar refractivity (Wildman–Crippen MR) is 139 cm³/mol. The van der Waals surface area contributed by atoms with Crippen molar-refractivity contribution < 1.29 is 23.5 Å². The molecule has 3 N–H and O–H groups in total. The average molecular weight is 511 g/mol. The van der Waals surface area contributed by atoms with Crippen molar-refractivity contribution in [1.29, 1.82) is 0 Å². The van der Waals surface area contributed by atoms with Gasteiger partial charge in [-0.2, -0.15) is 0 Å². The molecule has 0 radical (unpaired) electrons. The Morgan fingerprint density at radius 1 is 1.19 bits per heavy atom. The maximum absolute atomic E-state index is 13.3. The highest BCUT2D eigenvalue weighted by Gasteiger charge is 2.40. The fraction of sp³-hybridized carbons (Fsp3) is 0.385. The quantitative estimate of drug-likeness (QED) is 0.348. The zero-order chi connectivity index (χ0) is 25.9. The predicted octanol–water partition coefficient (Wildman–Crippen LogP) is 4.11. The van der Waals surface area contributed by atoms with Crippen LogP contribution in [0.2, 0.25) is 0 Å². The summed E-state index contributed by atoms with van der Waals surface area (Å²) in [5.74, 6) is 0.178. The largest absolute Gasteiger partial charge is 0.497 e. The monoisotopic (exact) mass is 510 g/mol. The molecule has 2 heterocycles. The van der Waals surface area contributed by atoms with Crippen LogP contribution in [0.15, 0.2) is 40.8 Å². The number of furan rings is 1. The highest BCUT2D eigenvalue weighted by molar-refractivity contribution is 8.01. The molecule has 3 aromatic rings. The second-order valence-corrected chi connectivity index (χ2v) is 10.1. The number of fused-ring (bicyclic) bond motifs is 1. The summed E-state index contributed by atoms with van der Waals surface area (Å²) in [6.07, 6.45) is 2.54. The van der Waals surface area contributed by atoms with Crippen molar-refractivity contribution >= 4 is 46.6 Å². The summed E-state index contributed by atoms with van der Waals surface area (Å²) in [7, 11) is 1.53. The third-order valence-corrected chi connectivity index (χ3v) is 7.27. The van der Waals surface area contributed by atoms with Crippen LogP contribution in [0, 0.1) is 6.92 Å². The number of amides is 3. The van der Waals surface area contributed by atoms with E-state index >= 15 is 0 Å². The van der Waals surface area contributed by atoms with Crippen molar-refractivity contribution in [3.8, 4) is 5.75 Å². The third kappa shape index (κ3) is 5.64. The molecule has 1 fully saturated rings. The molecule has 9 nitrogen and oxygen atoms in total. The van der Waals surface area contributed by atoms with Gasteiger partial charge in [-0.05, 0) is 68.5 Å². The van der Waals surface area contributed by atoms with Crippen LogP contribution in [0.3, 0.4) is 0 Å². The molecule has 36 heavy (non-hydrogen) atoms. The smallest absolute Gasteiger partial charge is 0.251 e. The van der Waals surface area contributed by atoms with Crippen molar-refractivity contribution in [3.63, 3.8) is 0 Å². The van der Waals surface area contributed by atoms with E-state index in [-0.39, 0.29) is 18.9 Å². The maximum atomic E-state index is 13.3. The van der Waals surface area contributed by atoms with E-state index in [0.29, 0.717) is 39.2 Å². The lowest BCUT2D eigenvalue weighted by Gasteiger charge is -2.26. The van der Waals surface area contributed by atoms with Gasteiger partial charge >= 0.3 is 0 Å². The minimum Gasteiger partial charge on any atom is -0.497 e. The van der Waals surface area contributed by atoms with E-state index in [1.165, 1.54) is 20.0 Å². The lowest BCUT2D eigenvalue weighted by Crippen LogP contribution is -2.51. The molecule has 190 valence electrons. The van der Waals surface area contributed by atoms with Crippen LogP contribution in [0.4, 0.5) is 5.82 Å². The highest BCUT2D eigenvalue weighted by atomic mass is 32.2. The fourth-order valence-corrected chi connectivity index (χ4v) is 4.31. The van der Waals surface area contributed by atoms with Gasteiger partial charge in [-0.15, -0.1) is 0 Å². The number of carbonyl (C=O) groups excluding carboxylic acids is 3. The summed E-state index contributed by atoms with van der Waals surface area (Å²) in [5.41, 5.74) is 0.893. The van der Waals surface area contributed by atoms with E-state index in [1.807, 2.05) is 13.0 Å². The number of pyridine rings is 1. The van der Waals surface area contributed by atoms with Crippen LogP contribution in [-0.4, -0.2) is 41.6 Å². The first-order valence-electron chi connectivity index (χ1n) is 11.8. The number of rotatable bonds is 10. The molecule has 0 bridgehead atoms. The Labute approximate surface area is 213 Å². The number of nitrogens with zero attached hydrogens (tertiary/aromatic N) is 1. The molecule has 1 aliphatic carbocycles. The van der Waals surface area contributed by atoms with Crippen LogP contribution in [0.25, 0.3) is 11.1 Å². The minimum atomic E-state index is -1.37. The number of hydrogen-bond donors (Lipinski definition) is 3. The Morgan fingerprint density at radius 2 is 1.97 bits per heavy atom. The van der Waals surface area contributed by atoms with Crippen LogP contribution < -0.4 is 20.1 Å². The molecule has 0 saturated heterocycles. The number of benzene rings is 1. The topological polar surface area (TPSA) is 123 Å². The Kier molecular flexibility index (Phi) is 7.53. The van der Waals surface area contributed by atoms with E-state index in [2.05, 4.69) is 20.3 Å². The van der Waals surface area contributed by atoms with Gasteiger partial charge in [-0.1, -0.05) is 13.0 Å². The zero-order valence-corrected chi connectivity index (χ0v) is 21.6. The number of nitrogens with one attached hydrogen (secondary N) is 3. The van der Waals surface area contributed by atoms with E-state index in [9.17, 15) is 14.4 Å². The van der Waals surface area contributed by atoms with Gasteiger partial charge in [0.1, 0.15) is 28.3 Å². The van der Waals surface area contributed by atoms with Gasteiger partial charge < -0.3 is 19.2 Å². The van der Waals surface area contributed by atoms with Crippen molar-refractivity contribution in [2.75, 3.05) is 18.4 Å². The van der Waals surface area contributed by atoms with Gasteiger partial charge in [0.15, 0.2) is 5.58 Å². The second kappa shape index (κ2) is 10.6. The fourth-order valence-electron chi connectivity index (χ4n) is 3.54. The Balaban J connectivity index is 1.61. The lowest BCUT2D eigenvalue weighted by molar-refractivity contribution is -0.133. The van der Waals surface area contributed by atoms with Gasteiger partial charge in [0.2, 0.25) is 11.8 Å².